The van der Waals surface area contributed by atoms with Gasteiger partial charge in [-0.15, -0.1) is 0 Å². The lowest BCUT2D eigenvalue weighted by atomic mass is 10.8. The second-order valence-electron chi connectivity index (χ2n) is 1.50. The summed E-state index contributed by atoms with van der Waals surface area (Å²) < 4.78 is 25.9. The molecule has 0 aliphatic carbocycles. The molecule has 58 valence electrons. The summed E-state index contributed by atoms with van der Waals surface area (Å²) in [5.41, 5.74) is 0. The summed E-state index contributed by atoms with van der Waals surface area (Å²) in [6, 6.07) is 1.83. The standard InChI is InChI=1S/C3H4N2.CH4O3S/c1-2-4-5-3-1;1-5(2,3)4/h1-3H,(H,4,5);1H3,(H,2,3,4). The Labute approximate surface area is 58.8 Å². The van der Waals surface area contributed by atoms with Crippen LogP contribution in [-0.4, -0.2) is 29.4 Å². The van der Waals surface area contributed by atoms with Crippen LogP contribution in [0.15, 0.2) is 18.5 Å². The molecule has 6 heteroatoms. The van der Waals surface area contributed by atoms with E-state index >= 15 is 0 Å². The van der Waals surface area contributed by atoms with E-state index in [9.17, 15) is 8.42 Å². The van der Waals surface area contributed by atoms with Crippen LogP contribution < -0.4 is 0 Å². The van der Waals surface area contributed by atoms with E-state index in [4.69, 9.17) is 4.55 Å². The number of H-pyrrole nitrogens is 1. The first kappa shape index (κ1) is 9.12. The SMILES string of the molecule is CS(=O)(=O)O.c1cn[nH]c1. The summed E-state index contributed by atoms with van der Waals surface area (Å²) >= 11 is 0. The number of rotatable bonds is 0. The van der Waals surface area contributed by atoms with Gasteiger partial charge in [0.1, 0.15) is 0 Å². The average Bonchev–Trinajstić information content (AvgIpc) is 2.07. The van der Waals surface area contributed by atoms with E-state index < -0.39 is 10.1 Å². The minimum atomic E-state index is -3.67. The third kappa shape index (κ3) is 15.7. The van der Waals surface area contributed by atoms with E-state index in [2.05, 4.69) is 10.2 Å². The zero-order valence-corrected chi connectivity index (χ0v) is 6.17. The highest BCUT2D eigenvalue weighted by molar-refractivity contribution is 7.85. The summed E-state index contributed by atoms with van der Waals surface area (Å²) in [5.74, 6) is 0. The van der Waals surface area contributed by atoms with Gasteiger partial charge in [0.25, 0.3) is 10.1 Å². The summed E-state index contributed by atoms with van der Waals surface area (Å²) in [6.45, 7) is 0. The van der Waals surface area contributed by atoms with Crippen molar-refractivity contribution in [1.82, 2.24) is 10.2 Å². The van der Waals surface area contributed by atoms with Crippen LogP contribution in [0.5, 0.6) is 0 Å². The Kier molecular flexibility index (Phi) is 3.67. The zero-order valence-electron chi connectivity index (χ0n) is 5.35. The molecule has 0 radical (unpaired) electrons. The van der Waals surface area contributed by atoms with E-state index in [1.54, 1.807) is 12.4 Å². The molecule has 10 heavy (non-hydrogen) atoms. The molecule has 5 nitrogen and oxygen atoms in total. The quantitative estimate of drug-likeness (QED) is 0.525. The van der Waals surface area contributed by atoms with E-state index in [0.29, 0.717) is 6.26 Å². The van der Waals surface area contributed by atoms with Crippen LogP contribution in [0.3, 0.4) is 0 Å². The first-order valence-electron chi connectivity index (χ1n) is 2.36. The molecule has 1 heterocycles. The van der Waals surface area contributed by atoms with Gasteiger partial charge in [-0.1, -0.05) is 0 Å². The van der Waals surface area contributed by atoms with Crippen LogP contribution in [0.25, 0.3) is 0 Å². The van der Waals surface area contributed by atoms with E-state index in [0.717, 1.165) is 0 Å². The number of hydrogen-bond acceptors (Lipinski definition) is 3. The molecular formula is C4H8N2O3S. The lowest BCUT2D eigenvalue weighted by Crippen LogP contribution is -1.88. The van der Waals surface area contributed by atoms with Crippen molar-refractivity contribution in [1.29, 1.82) is 0 Å². The highest BCUT2D eigenvalue weighted by Gasteiger charge is 1.81. The normalized spacial score (nSPS) is 9.80. The van der Waals surface area contributed by atoms with Crippen molar-refractivity contribution in [3.8, 4) is 0 Å². The van der Waals surface area contributed by atoms with Crippen molar-refractivity contribution in [2.45, 2.75) is 0 Å². The molecule has 1 aromatic heterocycles. The van der Waals surface area contributed by atoms with Gasteiger partial charge in [-0.2, -0.15) is 13.5 Å². The molecule has 1 rings (SSSR count). The number of nitrogens with one attached hydrogen (secondary N) is 1. The van der Waals surface area contributed by atoms with Crippen molar-refractivity contribution in [3.63, 3.8) is 0 Å². The van der Waals surface area contributed by atoms with Gasteiger partial charge < -0.3 is 0 Å². The van der Waals surface area contributed by atoms with Crippen LogP contribution in [0.1, 0.15) is 0 Å². The van der Waals surface area contributed by atoms with Crippen LogP contribution in [0.4, 0.5) is 0 Å². The zero-order chi connectivity index (χ0) is 8.04. The van der Waals surface area contributed by atoms with Crippen molar-refractivity contribution in [2.75, 3.05) is 6.26 Å². The monoisotopic (exact) mass is 164 g/mol. The minimum absolute atomic E-state index is 0.715. The Hall–Kier alpha value is -0.880. The van der Waals surface area contributed by atoms with Crippen molar-refractivity contribution < 1.29 is 13.0 Å². The molecule has 0 amide bonds. The molecule has 0 bridgehead atoms. The van der Waals surface area contributed by atoms with E-state index in [-0.39, 0.29) is 0 Å². The number of nitrogens with zero attached hydrogens (tertiary/aromatic N) is 1. The highest BCUT2D eigenvalue weighted by atomic mass is 32.2. The average molecular weight is 164 g/mol. The van der Waals surface area contributed by atoms with Gasteiger partial charge in [0, 0.05) is 12.4 Å². The Bertz CT molecular complexity index is 214. The topological polar surface area (TPSA) is 83.1 Å². The summed E-state index contributed by atoms with van der Waals surface area (Å²) in [6.07, 6.45) is 4.17. The fourth-order valence-electron chi connectivity index (χ4n) is 0.215. The molecule has 0 aliphatic heterocycles. The molecule has 0 aliphatic rings. The molecule has 0 aromatic carbocycles. The van der Waals surface area contributed by atoms with E-state index in [1.807, 2.05) is 6.07 Å². The second-order valence-corrected chi connectivity index (χ2v) is 2.97. The second kappa shape index (κ2) is 4.02. The first-order chi connectivity index (χ1) is 4.50. The third-order valence-electron chi connectivity index (χ3n) is 0.406. The molecule has 0 fully saturated rings. The highest BCUT2D eigenvalue weighted by Crippen LogP contribution is 1.64. The third-order valence-corrected chi connectivity index (χ3v) is 0.406. The number of hydrogen-bond donors (Lipinski definition) is 2. The maximum absolute atomic E-state index is 9.19. The molecule has 0 spiro atoms. The Morgan fingerprint density at radius 2 is 2.10 bits per heavy atom. The van der Waals surface area contributed by atoms with Crippen molar-refractivity contribution >= 4 is 10.1 Å². The maximum Gasteiger partial charge on any atom is 0.261 e. The summed E-state index contributed by atoms with van der Waals surface area (Å²) in [4.78, 5) is 0. The molecule has 0 saturated carbocycles. The molecule has 0 saturated heterocycles. The van der Waals surface area contributed by atoms with Gasteiger partial charge in [-0.3, -0.25) is 9.65 Å². The Balaban J connectivity index is 0.000000162. The van der Waals surface area contributed by atoms with Crippen LogP contribution in [-0.2, 0) is 10.1 Å². The Morgan fingerprint density at radius 3 is 2.20 bits per heavy atom. The molecular weight excluding hydrogens is 156 g/mol. The van der Waals surface area contributed by atoms with Gasteiger partial charge in [0.15, 0.2) is 0 Å². The van der Waals surface area contributed by atoms with Gasteiger partial charge >= 0.3 is 0 Å². The van der Waals surface area contributed by atoms with Gasteiger partial charge in [0.05, 0.1) is 6.26 Å². The van der Waals surface area contributed by atoms with Gasteiger partial charge in [-0.05, 0) is 6.07 Å². The summed E-state index contributed by atoms with van der Waals surface area (Å²) in [7, 11) is -3.67. The first-order valence-corrected chi connectivity index (χ1v) is 4.21. The number of aromatic amines is 1. The van der Waals surface area contributed by atoms with Crippen molar-refractivity contribution in [2.24, 2.45) is 0 Å². The minimum Gasteiger partial charge on any atom is -0.286 e. The van der Waals surface area contributed by atoms with E-state index in [1.165, 1.54) is 0 Å². The van der Waals surface area contributed by atoms with Crippen LogP contribution in [0.2, 0.25) is 0 Å². The predicted octanol–water partition coefficient (Wildman–Crippen LogP) is -0.0863. The summed E-state index contributed by atoms with van der Waals surface area (Å²) in [5, 5.41) is 6.21. The molecule has 1 aromatic rings. The lowest BCUT2D eigenvalue weighted by molar-refractivity contribution is 0.490. The molecule has 2 N–H and O–H groups in total. The van der Waals surface area contributed by atoms with Gasteiger partial charge in [-0.25, -0.2) is 0 Å². The fraction of sp³-hybridized carbons (Fsp3) is 0.250. The maximum atomic E-state index is 9.19. The molecule has 0 atom stereocenters. The van der Waals surface area contributed by atoms with Crippen LogP contribution in [0, 0.1) is 0 Å². The smallest absolute Gasteiger partial charge is 0.261 e. The largest absolute Gasteiger partial charge is 0.286 e. The van der Waals surface area contributed by atoms with Crippen LogP contribution >= 0.6 is 0 Å². The molecule has 0 unspecified atom stereocenters. The lowest BCUT2D eigenvalue weighted by Gasteiger charge is -1.69. The van der Waals surface area contributed by atoms with Crippen molar-refractivity contribution in [3.05, 3.63) is 18.5 Å². The predicted molar refractivity (Wildman–Crippen MR) is 36.1 cm³/mol. The Morgan fingerprint density at radius 1 is 1.60 bits per heavy atom. The van der Waals surface area contributed by atoms with Gasteiger partial charge in [0.2, 0.25) is 0 Å². The fourth-order valence-corrected chi connectivity index (χ4v) is 0.215. The number of aromatic nitrogens is 2.